The number of allylic oxidation sites excluding steroid dienone is 2. The van der Waals surface area contributed by atoms with Gasteiger partial charge >= 0.3 is 0 Å². The van der Waals surface area contributed by atoms with Crippen molar-refractivity contribution < 1.29 is 9.15 Å². The third-order valence-corrected chi connectivity index (χ3v) is 6.22. The molecule has 1 aromatic carbocycles. The van der Waals surface area contributed by atoms with Gasteiger partial charge < -0.3 is 19.0 Å². The van der Waals surface area contributed by atoms with Crippen LogP contribution in [0.2, 0.25) is 0 Å². The molecule has 6 rings (SSSR count). The van der Waals surface area contributed by atoms with Crippen molar-refractivity contribution in [2.75, 3.05) is 38.1 Å². The first-order chi connectivity index (χ1) is 14.6. The predicted octanol–water partition coefficient (Wildman–Crippen LogP) is 4.87. The molecular formula is C25H25N3O2. The molecule has 0 radical (unpaired) electrons. The van der Waals surface area contributed by atoms with E-state index in [-0.39, 0.29) is 0 Å². The fraction of sp³-hybridized carbons (Fsp3) is 0.320. The van der Waals surface area contributed by atoms with Crippen molar-refractivity contribution >= 4 is 28.4 Å². The molecule has 0 spiro atoms. The maximum Gasteiger partial charge on any atom is 0.153 e. The van der Waals surface area contributed by atoms with Crippen LogP contribution in [-0.4, -0.2) is 43.1 Å². The zero-order chi connectivity index (χ0) is 20.2. The Morgan fingerprint density at radius 3 is 2.60 bits per heavy atom. The lowest BCUT2D eigenvalue weighted by Gasteiger charge is -2.34. The van der Waals surface area contributed by atoms with Gasteiger partial charge in [-0.05, 0) is 62.7 Å². The molecule has 3 aromatic rings. The van der Waals surface area contributed by atoms with E-state index >= 15 is 0 Å². The van der Waals surface area contributed by atoms with E-state index in [0.29, 0.717) is 0 Å². The first-order valence-electron chi connectivity index (χ1n) is 10.7. The Morgan fingerprint density at radius 1 is 0.967 bits per heavy atom. The molecule has 2 aliphatic heterocycles. The Bertz CT molecular complexity index is 1210. The quantitative estimate of drug-likeness (QED) is 0.615. The lowest BCUT2D eigenvalue weighted by atomic mass is 10.0. The maximum atomic E-state index is 6.49. The zero-order valence-electron chi connectivity index (χ0n) is 17.4. The second kappa shape index (κ2) is 6.74. The van der Waals surface area contributed by atoms with Gasteiger partial charge in [-0.2, -0.15) is 0 Å². The smallest absolute Gasteiger partial charge is 0.153 e. The summed E-state index contributed by atoms with van der Waals surface area (Å²) in [6.45, 7) is 6.29. The minimum Gasteiger partial charge on any atom is -0.456 e. The fourth-order valence-electron chi connectivity index (χ4n) is 4.27. The number of rotatable bonds is 2. The topological polar surface area (TPSA) is 41.7 Å². The van der Waals surface area contributed by atoms with E-state index in [2.05, 4.69) is 46.1 Å². The molecule has 1 aliphatic carbocycles. The summed E-state index contributed by atoms with van der Waals surface area (Å²) >= 11 is 0. The average molecular weight is 399 g/mol. The van der Waals surface area contributed by atoms with Crippen LogP contribution in [0.1, 0.15) is 29.9 Å². The monoisotopic (exact) mass is 399 g/mol. The second-order valence-electron chi connectivity index (χ2n) is 8.55. The first kappa shape index (κ1) is 17.8. The Hall–Kier alpha value is -3.05. The Morgan fingerprint density at radius 2 is 1.80 bits per heavy atom. The van der Waals surface area contributed by atoms with E-state index < -0.39 is 0 Å². The van der Waals surface area contributed by atoms with Gasteiger partial charge in [0.15, 0.2) is 5.58 Å². The predicted molar refractivity (Wildman–Crippen MR) is 120 cm³/mol. The molecule has 0 unspecified atom stereocenters. The van der Waals surface area contributed by atoms with E-state index in [0.717, 1.165) is 84.2 Å². The molecule has 3 aliphatic rings. The molecule has 30 heavy (non-hydrogen) atoms. The van der Waals surface area contributed by atoms with Crippen LogP contribution in [0.25, 0.3) is 22.7 Å². The number of hydrogen-bond donors (Lipinski definition) is 0. The molecular weight excluding hydrogens is 374 g/mol. The van der Waals surface area contributed by atoms with Gasteiger partial charge in [-0.1, -0.05) is 0 Å². The Kier molecular flexibility index (Phi) is 4.00. The normalized spacial score (nSPS) is 19.0. The van der Waals surface area contributed by atoms with Crippen LogP contribution in [0.15, 0.2) is 52.1 Å². The van der Waals surface area contributed by atoms with Gasteiger partial charge in [0.05, 0.1) is 5.57 Å². The molecule has 0 bridgehead atoms. The van der Waals surface area contributed by atoms with Crippen molar-refractivity contribution in [1.29, 1.82) is 0 Å². The largest absolute Gasteiger partial charge is 0.456 e. The standard InChI is InChI=1S/C25H25N3O2/c1-16-3-8-22-21(26-16)15-24(29-22)20-13-18-6-7-19(28-11-9-27(2)10-12-28)14-23(18)30-25(20)17-4-5-17/h3,6-8,13-15H,4-5,9-12H2,1-2H3. The summed E-state index contributed by atoms with van der Waals surface area (Å²) < 4.78 is 12.6. The highest BCUT2D eigenvalue weighted by molar-refractivity contribution is 5.95. The van der Waals surface area contributed by atoms with Crippen molar-refractivity contribution in [3.8, 4) is 5.75 Å². The third kappa shape index (κ3) is 3.10. The number of ether oxygens (including phenoxy) is 1. The minimum atomic E-state index is 0.813. The lowest BCUT2D eigenvalue weighted by Crippen LogP contribution is -2.44. The van der Waals surface area contributed by atoms with Gasteiger partial charge in [0.1, 0.15) is 22.8 Å². The fourth-order valence-corrected chi connectivity index (χ4v) is 4.27. The molecule has 0 amide bonds. The number of anilines is 1. The summed E-state index contributed by atoms with van der Waals surface area (Å²) in [7, 11) is 2.18. The van der Waals surface area contributed by atoms with Gasteiger partial charge in [0, 0.05) is 55.3 Å². The molecule has 1 saturated carbocycles. The highest BCUT2D eigenvalue weighted by atomic mass is 16.5. The number of aryl methyl sites for hydroxylation is 1. The maximum absolute atomic E-state index is 6.49. The lowest BCUT2D eigenvalue weighted by molar-refractivity contribution is 0.312. The number of benzene rings is 1. The van der Waals surface area contributed by atoms with Crippen molar-refractivity contribution in [3.63, 3.8) is 0 Å². The van der Waals surface area contributed by atoms with Crippen LogP contribution in [0.5, 0.6) is 5.75 Å². The van der Waals surface area contributed by atoms with Gasteiger partial charge in [0.25, 0.3) is 0 Å². The van der Waals surface area contributed by atoms with Crippen LogP contribution in [0.4, 0.5) is 5.69 Å². The van der Waals surface area contributed by atoms with E-state index in [1.54, 1.807) is 0 Å². The van der Waals surface area contributed by atoms with Crippen LogP contribution < -0.4 is 9.64 Å². The van der Waals surface area contributed by atoms with Crippen molar-refractivity contribution in [2.24, 2.45) is 0 Å². The summed E-state index contributed by atoms with van der Waals surface area (Å²) in [4.78, 5) is 9.42. The van der Waals surface area contributed by atoms with E-state index in [9.17, 15) is 0 Å². The number of pyridine rings is 1. The highest BCUT2D eigenvalue weighted by Gasteiger charge is 2.29. The van der Waals surface area contributed by atoms with E-state index in [4.69, 9.17) is 9.15 Å². The van der Waals surface area contributed by atoms with Crippen molar-refractivity contribution in [3.05, 3.63) is 64.7 Å². The van der Waals surface area contributed by atoms with E-state index in [1.807, 2.05) is 25.1 Å². The molecule has 4 heterocycles. The van der Waals surface area contributed by atoms with Crippen molar-refractivity contribution in [2.45, 2.75) is 19.8 Å². The van der Waals surface area contributed by atoms with Crippen LogP contribution in [0, 0.1) is 6.92 Å². The summed E-state index contributed by atoms with van der Waals surface area (Å²) in [5.41, 5.74) is 7.42. The van der Waals surface area contributed by atoms with Gasteiger partial charge in [-0.15, -0.1) is 0 Å². The zero-order valence-corrected chi connectivity index (χ0v) is 17.4. The van der Waals surface area contributed by atoms with E-state index in [1.165, 1.54) is 11.3 Å². The number of hydrogen-bond acceptors (Lipinski definition) is 5. The summed E-state index contributed by atoms with van der Waals surface area (Å²) in [6.07, 6.45) is 4.40. The van der Waals surface area contributed by atoms with Crippen LogP contribution in [-0.2, 0) is 0 Å². The molecule has 0 atom stereocenters. The summed E-state index contributed by atoms with van der Waals surface area (Å²) in [5.74, 6) is 2.73. The van der Waals surface area contributed by atoms with Crippen LogP contribution >= 0.6 is 0 Å². The highest BCUT2D eigenvalue weighted by Crippen LogP contribution is 2.45. The number of likely N-dealkylation sites (N-methyl/N-ethyl adjacent to an activating group) is 1. The molecule has 5 heteroatoms. The molecule has 5 nitrogen and oxygen atoms in total. The van der Waals surface area contributed by atoms with Gasteiger partial charge in [-0.25, -0.2) is 4.98 Å². The summed E-state index contributed by atoms with van der Waals surface area (Å²) in [6, 6.07) is 12.6. The van der Waals surface area contributed by atoms with Gasteiger partial charge in [-0.3, -0.25) is 0 Å². The molecule has 2 aromatic heterocycles. The Labute approximate surface area is 176 Å². The molecule has 2 fully saturated rings. The number of nitrogens with zero attached hydrogens (tertiary/aromatic N) is 3. The average Bonchev–Trinajstić information content (AvgIpc) is 3.52. The first-order valence-corrected chi connectivity index (χ1v) is 10.7. The van der Waals surface area contributed by atoms with Gasteiger partial charge in [0.2, 0.25) is 0 Å². The number of fused-ring (bicyclic) bond motifs is 2. The van der Waals surface area contributed by atoms with Crippen LogP contribution in [0.3, 0.4) is 0 Å². The molecule has 152 valence electrons. The SMILES string of the molecule is Cc1ccc2oc(C3=Cc4ccc(N5CCN(C)CC5)cc4OC3=C3CC3)cc2n1. The number of piperazine rings is 1. The number of furan rings is 1. The minimum absolute atomic E-state index is 0.813. The van der Waals surface area contributed by atoms with Crippen molar-refractivity contribution in [1.82, 2.24) is 9.88 Å². The second-order valence-corrected chi connectivity index (χ2v) is 8.55. The summed E-state index contributed by atoms with van der Waals surface area (Å²) in [5, 5.41) is 0. The molecule has 1 saturated heterocycles. The third-order valence-electron chi connectivity index (χ3n) is 6.22. The number of aromatic nitrogens is 1. The molecule has 0 N–H and O–H groups in total. The Balaban J connectivity index is 1.40.